The number of nitrogens with zero attached hydrogens (tertiary/aromatic N) is 1. The minimum atomic E-state index is -0.304. The molecule has 1 saturated heterocycles. The molecule has 1 fully saturated rings. The normalized spacial score (nSPS) is 20.8. The Kier molecular flexibility index (Phi) is 6.12. The minimum absolute atomic E-state index is 0.0290. The van der Waals surface area contributed by atoms with Crippen LogP contribution in [-0.4, -0.2) is 43.0 Å². The van der Waals surface area contributed by atoms with Gasteiger partial charge in [0, 0.05) is 4.88 Å². The monoisotopic (exact) mass is 364 g/mol. The number of amides is 1. The van der Waals surface area contributed by atoms with Gasteiger partial charge in [-0.25, -0.2) is 4.79 Å². The number of fused-ring (bicyclic) bond motifs is 1. The smallest absolute Gasteiger partial charge is 0.341 e. The molecule has 1 amide bonds. The first-order chi connectivity index (χ1) is 12.1. The molecule has 1 aliphatic carbocycles. The maximum Gasteiger partial charge on any atom is 0.341 e. The van der Waals surface area contributed by atoms with E-state index >= 15 is 0 Å². The van der Waals surface area contributed by atoms with Gasteiger partial charge >= 0.3 is 5.97 Å². The van der Waals surface area contributed by atoms with Gasteiger partial charge in [-0.05, 0) is 63.6 Å². The number of anilines is 1. The van der Waals surface area contributed by atoms with Crippen LogP contribution in [0, 0.1) is 0 Å². The van der Waals surface area contributed by atoms with Crippen molar-refractivity contribution in [3.63, 3.8) is 0 Å². The number of thiophene rings is 1. The Balaban J connectivity index is 1.79. The summed E-state index contributed by atoms with van der Waals surface area (Å²) in [4.78, 5) is 28.5. The Bertz CT molecular complexity index is 635. The SMILES string of the molecule is CCOC(=O)c1c(NC(=O)CN2CCCCC2)sc2c1C(C)CCC2. The van der Waals surface area contributed by atoms with E-state index in [2.05, 4.69) is 17.1 Å². The summed E-state index contributed by atoms with van der Waals surface area (Å²) >= 11 is 1.56. The van der Waals surface area contributed by atoms with Gasteiger partial charge in [0.05, 0.1) is 18.7 Å². The Morgan fingerprint density at radius 2 is 2.00 bits per heavy atom. The molecule has 2 heterocycles. The summed E-state index contributed by atoms with van der Waals surface area (Å²) in [5.74, 6) is 0.00729. The first-order valence-corrected chi connectivity index (χ1v) is 10.3. The summed E-state index contributed by atoms with van der Waals surface area (Å²) in [5.41, 5.74) is 1.70. The van der Waals surface area contributed by atoms with E-state index in [9.17, 15) is 9.59 Å². The van der Waals surface area contributed by atoms with Gasteiger partial charge in [-0.15, -0.1) is 11.3 Å². The van der Waals surface area contributed by atoms with E-state index < -0.39 is 0 Å². The highest BCUT2D eigenvalue weighted by Crippen LogP contribution is 2.43. The van der Waals surface area contributed by atoms with Crippen molar-refractivity contribution in [1.29, 1.82) is 0 Å². The molecular weight excluding hydrogens is 336 g/mol. The minimum Gasteiger partial charge on any atom is -0.462 e. The van der Waals surface area contributed by atoms with Crippen LogP contribution < -0.4 is 5.32 Å². The lowest BCUT2D eigenvalue weighted by Gasteiger charge is -2.25. The van der Waals surface area contributed by atoms with Crippen LogP contribution in [0.3, 0.4) is 0 Å². The molecule has 1 N–H and O–H groups in total. The predicted molar refractivity (Wildman–Crippen MR) is 101 cm³/mol. The maximum atomic E-state index is 12.5. The first kappa shape index (κ1) is 18.4. The fraction of sp³-hybridized carbons (Fsp3) is 0.684. The summed E-state index contributed by atoms with van der Waals surface area (Å²) in [6, 6.07) is 0. The van der Waals surface area contributed by atoms with Crippen LogP contribution in [0.2, 0.25) is 0 Å². The van der Waals surface area contributed by atoms with E-state index in [0.29, 0.717) is 29.6 Å². The van der Waals surface area contributed by atoms with Crippen molar-refractivity contribution in [2.45, 2.75) is 58.3 Å². The largest absolute Gasteiger partial charge is 0.462 e. The van der Waals surface area contributed by atoms with Crippen molar-refractivity contribution in [3.8, 4) is 0 Å². The number of piperidine rings is 1. The molecule has 0 aromatic carbocycles. The molecule has 1 aromatic heterocycles. The van der Waals surface area contributed by atoms with Crippen LogP contribution >= 0.6 is 11.3 Å². The van der Waals surface area contributed by atoms with Crippen molar-refractivity contribution in [2.75, 3.05) is 31.6 Å². The third-order valence-corrected chi connectivity index (χ3v) is 6.28. The quantitative estimate of drug-likeness (QED) is 0.808. The number of hydrogen-bond donors (Lipinski definition) is 1. The zero-order valence-corrected chi connectivity index (χ0v) is 16.0. The van der Waals surface area contributed by atoms with Crippen LogP contribution in [-0.2, 0) is 16.0 Å². The van der Waals surface area contributed by atoms with Gasteiger partial charge < -0.3 is 10.1 Å². The third kappa shape index (κ3) is 4.23. The Morgan fingerprint density at radius 3 is 2.72 bits per heavy atom. The van der Waals surface area contributed by atoms with Crippen molar-refractivity contribution in [2.24, 2.45) is 0 Å². The number of carbonyl (C=O) groups is 2. The molecule has 0 spiro atoms. The second-order valence-electron chi connectivity index (χ2n) is 7.04. The number of likely N-dealkylation sites (tertiary alicyclic amines) is 1. The summed E-state index contributed by atoms with van der Waals surface area (Å²) in [5, 5.41) is 3.69. The lowest BCUT2D eigenvalue weighted by atomic mass is 9.86. The molecule has 2 aliphatic rings. The summed E-state index contributed by atoms with van der Waals surface area (Å²) in [6.45, 7) is 6.69. The number of rotatable bonds is 5. The van der Waals surface area contributed by atoms with Gasteiger partial charge in [-0.3, -0.25) is 9.69 Å². The molecule has 1 atom stereocenters. The highest BCUT2D eigenvalue weighted by molar-refractivity contribution is 7.17. The van der Waals surface area contributed by atoms with Crippen LogP contribution in [0.5, 0.6) is 0 Å². The highest BCUT2D eigenvalue weighted by Gasteiger charge is 2.31. The molecule has 6 heteroatoms. The van der Waals surface area contributed by atoms with Gasteiger partial charge in [-0.2, -0.15) is 0 Å². The summed E-state index contributed by atoms with van der Waals surface area (Å²) < 4.78 is 5.28. The van der Waals surface area contributed by atoms with Gasteiger partial charge in [0.25, 0.3) is 0 Å². The van der Waals surface area contributed by atoms with Gasteiger partial charge in [0.2, 0.25) is 5.91 Å². The Morgan fingerprint density at radius 1 is 1.24 bits per heavy atom. The third-order valence-electron chi connectivity index (χ3n) is 5.10. The van der Waals surface area contributed by atoms with Crippen LogP contribution in [0.15, 0.2) is 0 Å². The summed E-state index contributed by atoms with van der Waals surface area (Å²) in [7, 11) is 0. The average Bonchev–Trinajstić information content (AvgIpc) is 2.95. The van der Waals surface area contributed by atoms with Crippen molar-refractivity contribution < 1.29 is 14.3 Å². The topological polar surface area (TPSA) is 58.6 Å². The molecule has 3 rings (SSSR count). The van der Waals surface area contributed by atoms with Gasteiger partial charge in [-0.1, -0.05) is 13.3 Å². The fourth-order valence-corrected chi connectivity index (χ4v) is 5.26. The molecular formula is C19H28N2O3S. The lowest BCUT2D eigenvalue weighted by molar-refractivity contribution is -0.117. The average molecular weight is 365 g/mol. The van der Waals surface area contributed by atoms with Crippen molar-refractivity contribution in [3.05, 3.63) is 16.0 Å². The summed E-state index contributed by atoms with van der Waals surface area (Å²) in [6.07, 6.45) is 6.77. The molecule has 5 nitrogen and oxygen atoms in total. The second kappa shape index (κ2) is 8.32. The fourth-order valence-electron chi connectivity index (χ4n) is 3.89. The number of aryl methyl sites for hydroxylation is 1. The predicted octanol–water partition coefficient (Wildman–Crippen LogP) is 3.79. The molecule has 0 bridgehead atoms. The van der Waals surface area contributed by atoms with E-state index in [4.69, 9.17) is 4.74 Å². The number of carbonyl (C=O) groups excluding carboxylic acids is 2. The van der Waals surface area contributed by atoms with Crippen LogP contribution in [0.1, 0.15) is 72.7 Å². The van der Waals surface area contributed by atoms with Crippen molar-refractivity contribution in [1.82, 2.24) is 4.90 Å². The maximum absolute atomic E-state index is 12.5. The van der Waals surface area contributed by atoms with E-state index in [1.807, 2.05) is 6.92 Å². The van der Waals surface area contributed by atoms with E-state index in [1.165, 1.54) is 11.3 Å². The first-order valence-electron chi connectivity index (χ1n) is 9.45. The molecule has 0 radical (unpaired) electrons. The zero-order valence-electron chi connectivity index (χ0n) is 15.2. The molecule has 1 unspecified atom stereocenters. The number of ether oxygens (including phenoxy) is 1. The number of esters is 1. The lowest BCUT2D eigenvalue weighted by Crippen LogP contribution is -2.36. The molecule has 138 valence electrons. The molecule has 1 aromatic rings. The Labute approximate surface area is 153 Å². The van der Waals surface area contributed by atoms with Crippen LogP contribution in [0.25, 0.3) is 0 Å². The molecule has 1 aliphatic heterocycles. The van der Waals surface area contributed by atoms with Crippen LogP contribution in [0.4, 0.5) is 5.00 Å². The van der Waals surface area contributed by atoms with Gasteiger partial charge in [0.1, 0.15) is 5.00 Å². The van der Waals surface area contributed by atoms with E-state index in [0.717, 1.165) is 50.8 Å². The van der Waals surface area contributed by atoms with E-state index in [-0.39, 0.29) is 11.9 Å². The second-order valence-corrected chi connectivity index (χ2v) is 8.15. The van der Waals surface area contributed by atoms with Crippen molar-refractivity contribution >= 4 is 28.2 Å². The van der Waals surface area contributed by atoms with Gasteiger partial charge in [0.15, 0.2) is 0 Å². The highest BCUT2D eigenvalue weighted by atomic mass is 32.1. The van der Waals surface area contributed by atoms with E-state index in [1.54, 1.807) is 11.3 Å². The standard InChI is InChI=1S/C19H28N2O3S/c1-3-24-19(23)17-16-13(2)8-7-9-14(16)25-18(17)20-15(22)12-21-10-5-4-6-11-21/h13H,3-12H2,1-2H3,(H,20,22). The number of hydrogen-bond acceptors (Lipinski definition) is 5. The zero-order chi connectivity index (χ0) is 17.8. The number of nitrogens with one attached hydrogen (secondary N) is 1. The Hall–Kier alpha value is -1.40. The molecule has 0 saturated carbocycles. The molecule has 25 heavy (non-hydrogen) atoms.